The third-order valence-electron chi connectivity index (χ3n) is 4.93. The lowest BCUT2D eigenvalue weighted by atomic mass is 9.86. The van der Waals surface area contributed by atoms with Gasteiger partial charge in [-0.2, -0.15) is 10.2 Å². The molecule has 0 spiro atoms. The van der Waals surface area contributed by atoms with E-state index in [-0.39, 0.29) is 12.0 Å². The van der Waals surface area contributed by atoms with Crippen molar-refractivity contribution in [3.63, 3.8) is 0 Å². The van der Waals surface area contributed by atoms with E-state index in [0.29, 0.717) is 11.7 Å². The predicted molar refractivity (Wildman–Crippen MR) is 104 cm³/mol. The van der Waals surface area contributed by atoms with E-state index in [1.165, 1.54) is 0 Å². The summed E-state index contributed by atoms with van der Waals surface area (Å²) >= 11 is 0. The van der Waals surface area contributed by atoms with Crippen molar-refractivity contribution in [2.24, 2.45) is 5.92 Å². The fourth-order valence-electron chi connectivity index (χ4n) is 3.46. The summed E-state index contributed by atoms with van der Waals surface area (Å²) in [6.45, 7) is 1.95. The summed E-state index contributed by atoms with van der Waals surface area (Å²) in [4.78, 5) is 8.95. The molecule has 2 aliphatic rings. The number of nitrogens with zero attached hydrogens (tertiary/aromatic N) is 3. The molecule has 0 bridgehead atoms. The SMILES string of the molecule is Cc1cnc(Nc2ccc3c(c2)C=CB(O)O3)nc1N[C@H]1CCCC1C#N. The molecule has 8 heteroatoms. The number of hydrogen-bond donors (Lipinski definition) is 3. The van der Waals surface area contributed by atoms with Crippen LogP contribution in [-0.2, 0) is 0 Å². The first-order valence-corrected chi connectivity index (χ1v) is 9.06. The highest BCUT2D eigenvalue weighted by molar-refractivity contribution is 6.51. The number of aryl methyl sites for hydroxylation is 1. The summed E-state index contributed by atoms with van der Waals surface area (Å²) in [7, 11) is -0.904. The highest BCUT2D eigenvalue weighted by atomic mass is 16.5. The average Bonchev–Trinajstić information content (AvgIpc) is 3.12. The highest BCUT2D eigenvalue weighted by Crippen LogP contribution is 2.30. The highest BCUT2D eigenvalue weighted by Gasteiger charge is 2.27. The van der Waals surface area contributed by atoms with Gasteiger partial charge in [0.1, 0.15) is 11.6 Å². The first kappa shape index (κ1) is 17.4. The van der Waals surface area contributed by atoms with Gasteiger partial charge in [-0.05, 0) is 50.4 Å². The molecule has 3 N–H and O–H groups in total. The van der Waals surface area contributed by atoms with Crippen LogP contribution in [0.25, 0.3) is 6.08 Å². The maximum atomic E-state index is 9.50. The second-order valence-electron chi connectivity index (χ2n) is 6.89. The molecule has 0 radical (unpaired) electrons. The maximum Gasteiger partial charge on any atom is 0.552 e. The van der Waals surface area contributed by atoms with Crippen LogP contribution in [0.2, 0.25) is 0 Å². The van der Waals surface area contributed by atoms with Gasteiger partial charge in [-0.3, -0.25) is 0 Å². The van der Waals surface area contributed by atoms with E-state index in [1.54, 1.807) is 18.2 Å². The number of benzene rings is 1. The summed E-state index contributed by atoms with van der Waals surface area (Å²) in [5.41, 5.74) is 2.64. The Kier molecular flexibility index (Phi) is 4.69. The molecule has 1 saturated carbocycles. The Balaban J connectivity index is 1.52. The Labute approximate surface area is 158 Å². The van der Waals surface area contributed by atoms with E-state index in [9.17, 15) is 10.3 Å². The zero-order chi connectivity index (χ0) is 18.8. The lowest BCUT2D eigenvalue weighted by molar-refractivity contribution is 0.428. The molecule has 0 saturated heterocycles. The first-order chi connectivity index (χ1) is 13.1. The number of rotatable bonds is 4. The fraction of sp³-hybridized carbons (Fsp3) is 0.316. The third kappa shape index (κ3) is 3.73. The van der Waals surface area contributed by atoms with Crippen LogP contribution in [0.4, 0.5) is 17.5 Å². The fourth-order valence-corrected chi connectivity index (χ4v) is 3.46. The van der Waals surface area contributed by atoms with Gasteiger partial charge in [-0.15, -0.1) is 0 Å². The Bertz CT molecular complexity index is 927. The zero-order valence-electron chi connectivity index (χ0n) is 15.0. The van der Waals surface area contributed by atoms with Crippen LogP contribution in [0.1, 0.15) is 30.4 Å². The van der Waals surface area contributed by atoms with Gasteiger partial charge in [0.15, 0.2) is 0 Å². The second kappa shape index (κ2) is 7.29. The number of nitriles is 1. The van der Waals surface area contributed by atoms with Gasteiger partial charge in [0.25, 0.3) is 0 Å². The minimum absolute atomic E-state index is 0.0264. The van der Waals surface area contributed by atoms with Crippen LogP contribution in [-0.4, -0.2) is 28.2 Å². The molecule has 1 aromatic carbocycles. The summed E-state index contributed by atoms with van der Waals surface area (Å²) < 4.78 is 5.34. The van der Waals surface area contributed by atoms with Gasteiger partial charge >= 0.3 is 7.12 Å². The largest absolute Gasteiger partial charge is 0.552 e. The number of nitrogens with one attached hydrogen (secondary N) is 2. The molecule has 2 atom stereocenters. The minimum atomic E-state index is -0.904. The van der Waals surface area contributed by atoms with Gasteiger partial charge in [0.2, 0.25) is 5.95 Å². The molecular weight excluding hydrogens is 341 g/mol. The number of hydrogen-bond acceptors (Lipinski definition) is 7. The molecule has 7 nitrogen and oxygen atoms in total. The van der Waals surface area contributed by atoms with Gasteiger partial charge in [-0.25, -0.2) is 4.98 Å². The summed E-state index contributed by atoms with van der Waals surface area (Å²) in [6, 6.07) is 8.08. The quantitative estimate of drug-likeness (QED) is 0.719. The summed E-state index contributed by atoms with van der Waals surface area (Å²) in [6.07, 6.45) is 6.56. The Hall–Kier alpha value is -3.05. The molecule has 4 rings (SSSR count). The Morgan fingerprint density at radius 2 is 2.26 bits per heavy atom. The normalized spacial score (nSPS) is 20.6. The summed E-state index contributed by atoms with van der Waals surface area (Å²) in [5, 5.41) is 25.4. The van der Waals surface area contributed by atoms with Crippen molar-refractivity contribution in [3.05, 3.63) is 41.5 Å². The average molecular weight is 361 g/mol. The van der Waals surface area contributed by atoms with Crippen molar-refractivity contribution >= 4 is 30.6 Å². The lowest BCUT2D eigenvalue weighted by Crippen LogP contribution is -2.24. The lowest BCUT2D eigenvalue weighted by Gasteiger charge is -2.19. The molecule has 136 valence electrons. The Morgan fingerprint density at radius 3 is 3.11 bits per heavy atom. The van der Waals surface area contributed by atoms with Crippen molar-refractivity contribution in [1.82, 2.24) is 9.97 Å². The van der Waals surface area contributed by atoms with E-state index in [4.69, 9.17) is 4.65 Å². The van der Waals surface area contributed by atoms with E-state index < -0.39 is 7.12 Å². The molecule has 1 aliphatic carbocycles. The van der Waals surface area contributed by atoms with Crippen molar-refractivity contribution in [1.29, 1.82) is 5.26 Å². The molecule has 0 amide bonds. The van der Waals surface area contributed by atoms with E-state index >= 15 is 0 Å². The van der Waals surface area contributed by atoms with Crippen LogP contribution in [0.5, 0.6) is 5.75 Å². The molecule has 27 heavy (non-hydrogen) atoms. The summed E-state index contributed by atoms with van der Waals surface area (Å²) in [5.74, 6) is 3.48. The smallest absolute Gasteiger partial charge is 0.532 e. The number of anilines is 3. The van der Waals surface area contributed by atoms with Gasteiger partial charge < -0.3 is 20.3 Å². The molecule has 1 aliphatic heterocycles. The molecule has 2 aromatic rings. The third-order valence-corrected chi connectivity index (χ3v) is 4.93. The van der Waals surface area contributed by atoms with Crippen molar-refractivity contribution in [3.8, 4) is 11.8 Å². The monoisotopic (exact) mass is 361 g/mol. The van der Waals surface area contributed by atoms with Crippen LogP contribution >= 0.6 is 0 Å². The van der Waals surface area contributed by atoms with Crippen LogP contribution in [0.15, 0.2) is 30.4 Å². The molecule has 1 unspecified atom stereocenters. The second-order valence-corrected chi connectivity index (χ2v) is 6.89. The standard InChI is InChI=1S/C19H20BN5O2/c1-12-11-22-19(25-18(12)24-16-4-2-3-14(16)10-21)23-15-5-6-17-13(9-15)7-8-20(26)27-17/h5-9,11,14,16,26H,2-4H2,1H3,(H2,22,23,24,25)/t14?,16-/m0/s1. The molecule has 1 fully saturated rings. The maximum absolute atomic E-state index is 9.50. The zero-order valence-corrected chi connectivity index (χ0v) is 15.0. The number of aromatic nitrogens is 2. The van der Waals surface area contributed by atoms with Crippen LogP contribution < -0.4 is 15.3 Å². The van der Waals surface area contributed by atoms with Gasteiger partial charge in [0, 0.05) is 29.1 Å². The van der Waals surface area contributed by atoms with Crippen molar-refractivity contribution in [2.75, 3.05) is 10.6 Å². The Morgan fingerprint density at radius 1 is 1.37 bits per heavy atom. The number of fused-ring (bicyclic) bond motifs is 1. The van der Waals surface area contributed by atoms with Gasteiger partial charge in [-0.1, -0.05) is 6.08 Å². The minimum Gasteiger partial charge on any atom is -0.532 e. The van der Waals surface area contributed by atoms with E-state index in [0.717, 1.165) is 41.9 Å². The molecule has 2 heterocycles. The topological polar surface area (TPSA) is 103 Å². The molecule has 1 aromatic heterocycles. The van der Waals surface area contributed by atoms with E-state index in [2.05, 4.69) is 26.7 Å². The van der Waals surface area contributed by atoms with Gasteiger partial charge in [0.05, 0.1) is 12.0 Å². The first-order valence-electron chi connectivity index (χ1n) is 9.06. The van der Waals surface area contributed by atoms with Crippen LogP contribution in [0.3, 0.4) is 0 Å². The van der Waals surface area contributed by atoms with E-state index in [1.807, 2.05) is 25.1 Å². The van der Waals surface area contributed by atoms with Crippen molar-refractivity contribution < 1.29 is 9.68 Å². The predicted octanol–water partition coefficient (Wildman–Crippen LogP) is 3.06. The van der Waals surface area contributed by atoms with Crippen LogP contribution in [0, 0.1) is 24.2 Å². The van der Waals surface area contributed by atoms with Crippen molar-refractivity contribution in [2.45, 2.75) is 32.2 Å². The molecular formula is C19H20BN5O2.